The van der Waals surface area contributed by atoms with Crippen LogP contribution < -0.4 is 16.4 Å². The van der Waals surface area contributed by atoms with Gasteiger partial charge in [-0.3, -0.25) is 19.5 Å². The number of pyridine rings is 1. The first-order valence-corrected chi connectivity index (χ1v) is 8.09. The van der Waals surface area contributed by atoms with E-state index in [-0.39, 0.29) is 11.9 Å². The summed E-state index contributed by atoms with van der Waals surface area (Å²) in [6.45, 7) is 4.93. The lowest BCUT2D eigenvalue weighted by Crippen LogP contribution is -2.44. The number of piperidine rings is 1. The first kappa shape index (κ1) is 17.2. The molecule has 0 saturated carbocycles. The number of carbonyl (C=O) groups excluding carboxylic acids is 2. The molecule has 1 aromatic rings. The molecule has 1 saturated heterocycles. The summed E-state index contributed by atoms with van der Waals surface area (Å²) in [5.41, 5.74) is 6.50. The van der Waals surface area contributed by atoms with Gasteiger partial charge < -0.3 is 16.4 Å². The van der Waals surface area contributed by atoms with Crippen molar-refractivity contribution < 1.29 is 9.59 Å². The van der Waals surface area contributed by atoms with Crippen molar-refractivity contribution in [3.63, 3.8) is 0 Å². The highest BCUT2D eigenvalue weighted by atomic mass is 16.2. The summed E-state index contributed by atoms with van der Waals surface area (Å²) >= 11 is 0. The number of nitrogens with two attached hydrogens (primary N) is 1. The smallest absolute Gasteiger partial charge is 0.252 e. The van der Waals surface area contributed by atoms with Crippen LogP contribution in [0.1, 0.15) is 36.5 Å². The predicted molar refractivity (Wildman–Crippen MR) is 89.1 cm³/mol. The molecule has 1 aromatic heterocycles. The predicted octanol–water partition coefficient (Wildman–Crippen LogP) is 0.583. The van der Waals surface area contributed by atoms with E-state index < -0.39 is 5.91 Å². The Bertz CT molecular complexity index is 541. The average Bonchev–Trinajstić information content (AvgIpc) is 2.55. The summed E-state index contributed by atoms with van der Waals surface area (Å²) in [7, 11) is 0. The van der Waals surface area contributed by atoms with Crippen LogP contribution in [0.2, 0.25) is 0 Å². The van der Waals surface area contributed by atoms with Crippen molar-refractivity contribution in [2.24, 2.45) is 5.73 Å². The Morgan fingerprint density at radius 3 is 2.78 bits per heavy atom. The van der Waals surface area contributed by atoms with Gasteiger partial charge in [-0.2, -0.15) is 0 Å². The molecule has 2 rings (SSSR count). The average molecular weight is 319 g/mol. The Hall–Kier alpha value is -2.15. The van der Waals surface area contributed by atoms with Crippen LogP contribution in [0.5, 0.6) is 0 Å². The van der Waals surface area contributed by atoms with Crippen LogP contribution in [0.15, 0.2) is 18.5 Å². The van der Waals surface area contributed by atoms with E-state index in [0.29, 0.717) is 12.1 Å². The molecule has 7 nitrogen and oxygen atoms in total. The molecule has 23 heavy (non-hydrogen) atoms. The minimum atomic E-state index is -0.481. The monoisotopic (exact) mass is 319 g/mol. The summed E-state index contributed by atoms with van der Waals surface area (Å²) in [5.74, 6) is -0.394. The van der Waals surface area contributed by atoms with Crippen LogP contribution in [0.4, 0.5) is 5.69 Å². The molecule has 7 heteroatoms. The number of anilines is 1. The summed E-state index contributed by atoms with van der Waals surface area (Å²) in [5, 5.41) is 6.27. The normalized spacial score (nSPS) is 16.0. The first-order valence-electron chi connectivity index (χ1n) is 8.09. The van der Waals surface area contributed by atoms with Crippen molar-refractivity contribution in [2.75, 3.05) is 31.5 Å². The molecule has 0 aromatic carbocycles. The Morgan fingerprint density at radius 2 is 2.13 bits per heavy atom. The number of nitrogens with zero attached hydrogens (tertiary/aromatic N) is 2. The van der Waals surface area contributed by atoms with Crippen LogP contribution >= 0.6 is 0 Å². The second-order valence-corrected chi connectivity index (χ2v) is 5.83. The number of primary amides is 1. The van der Waals surface area contributed by atoms with E-state index >= 15 is 0 Å². The Balaban J connectivity index is 1.81. The molecular formula is C16H25N5O2. The molecule has 4 N–H and O–H groups in total. The molecule has 0 bridgehead atoms. The molecule has 2 heterocycles. The first-order chi connectivity index (χ1) is 11.1. The van der Waals surface area contributed by atoms with Crippen molar-refractivity contribution >= 4 is 17.5 Å². The third-order valence-electron chi connectivity index (χ3n) is 3.97. The molecule has 1 aliphatic heterocycles. The van der Waals surface area contributed by atoms with Gasteiger partial charge in [0.2, 0.25) is 5.91 Å². The number of amides is 2. The maximum absolute atomic E-state index is 11.7. The van der Waals surface area contributed by atoms with Gasteiger partial charge in [0.1, 0.15) is 0 Å². The number of carbonyl (C=O) groups is 2. The standard InChI is InChI=1S/C16H25N5O2/c1-2-6-19-15(22)11-21-8-4-12(5-9-21)20-14-3-7-18-10-13(14)16(17)23/h3,7,10,12H,2,4-6,8-9,11H2,1H3,(H2,17,23)(H,18,20)(H,19,22). The highest BCUT2D eigenvalue weighted by Crippen LogP contribution is 2.19. The van der Waals surface area contributed by atoms with E-state index in [1.165, 1.54) is 6.20 Å². The lowest BCUT2D eigenvalue weighted by molar-refractivity contribution is -0.122. The number of likely N-dealkylation sites (tertiary alicyclic amines) is 1. The van der Waals surface area contributed by atoms with Gasteiger partial charge in [-0.15, -0.1) is 0 Å². The van der Waals surface area contributed by atoms with Crippen LogP contribution in [0, 0.1) is 0 Å². The minimum absolute atomic E-state index is 0.0865. The van der Waals surface area contributed by atoms with E-state index in [9.17, 15) is 9.59 Å². The quantitative estimate of drug-likeness (QED) is 0.683. The summed E-state index contributed by atoms with van der Waals surface area (Å²) in [6, 6.07) is 2.04. The molecule has 1 aliphatic rings. The van der Waals surface area contributed by atoms with Gasteiger partial charge in [0.05, 0.1) is 17.8 Å². The van der Waals surface area contributed by atoms with Gasteiger partial charge in [0.25, 0.3) is 5.91 Å². The van der Waals surface area contributed by atoms with E-state index in [2.05, 4.69) is 20.5 Å². The van der Waals surface area contributed by atoms with Gasteiger partial charge in [0, 0.05) is 38.1 Å². The number of hydrogen-bond acceptors (Lipinski definition) is 5. The molecule has 2 amide bonds. The van der Waals surface area contributed by atoms with Crippen LogP contribution in [0.3, 0.4) is 0 Å². The van der Waals surface area contributed by atoms with Gasteiger partial charge >= 0.3 is 0 Å². The maximum Gasteiger partial charge on any atom is 0.252 e. The van der Waals surface area contributed by atoms with Crippen molar-refractivity contribution in [1.82, 2.24) is 15.2 Å². The molecule has 0 atom stereocenters. The second kappa shape index (κ2) is 8.47. The van der Waals surface area contributed by atoms with Crippen molar-refractivity contribution in [1.29, 1.82) is 0 Å². The van der Waals surface area contributed by atoms with Crippen molar-refractivity contribution in [3.05, 3.63) is 24.0 Å². The van der Waals surface area contributed by atoms with E-state index in [0.717, 1.165) is 44.6 Å². The molecule has 0 radical (unpaired) electrons. The SMILES string of the molecule is CCCNC(=O)CN1CCC(Nc2ccncc2C(N)=O)CC1. The van der Waals surface area contributed by atoms with E-state index in [1.54, 1.807) is 12.3 Å². The van der Waals surface area contributed by atoms with Crippen molar-refractivity contribution in [3.8, 4) is 0 Å². The molecule has 1 fully saturated rings. The fourth-order valence-electron chi connectivity index (χ4n) is 2.70. The van der Waals surface area contributed by atoms with Gasteiger partial charge in [-0.25, -0.2) is 0 Å². The van der Waals surface area contributed by atoms with E-state index in [1.807, 2.05) is 6.92 Å². The molecule has 0 unspecified atom stereocenters. The third-order valence-corrected chi connectivity index (χ3v) is 3.97. The summed E-state index contributed by atoms with van der Waals surface area (Å²) in [4.78, 5) is 29.2. The minimum Gasteiger partial charge on any atom is -0.381 e. The highest BCUT2D eigenvalue weighted by Gasteiger charge is 2.21. The fraction of sp³-hybridized carbons (Fsp3) is 0.562. The van der Waals surface area contributed by atoms with Gasteiger partial charge in [-0.1, -0.05) is 6.92 Å². The molecule has 126 valence electrons. The number of hydrogen-bond donors (Lipinski definition) is 3. The van der Waals surface area contributed by atoms with Crippen LogP contribution in [-0.2, 0) is 4.79 Å². The largest absolute Gasteiger partial charge is 0.381 e. The van der Waals surface area contributed by atoms with Crippen LogP contribution in [-0.4, -0.2) is 53.9 Å². The number of rotatable bonds is 7. The fourth-order valence-corrected chi connectivity index (χ4v) is 2.70. The summed E-state index contributed by atoms with van der Waals surface area (Å²) in [6.07, 6.45) is 5.91. The Morgan fingerprint density at radius 1 is 1.39 bits per heavy atom. The molecular weight excluding hydrogens is 294 g/mol. The van der Waals surface area contributed by atoms with Gasteiger partial charge in [-0.05, 0) is 25.3 Å². The lowest BCUT2D eigenvalue weighted by Gasteiger charge is -2.32. The lowest BCUT2D eigenvalue weighted by atomic mass is 10.0. The molecule has 0 spiro atoms. The second-order valence-electron chi connectivity index (χ2n) is 5.83. The zero-order chi connectivity index (χ0) is 16.7. The third kappa shape index (κ3) is 5.21. The van der Waals surface area contributed by atoms with Crippen LogP contribution in [0.25, 0.3) is 0 Å². The number of aromatic nitrogens is 1. The Kier molecular flexibility index (Phi) is 6.34. The zero-order valence-corrected chi connectivity index (χ0v) is 13.5. The van der Waals surface area contributed by atoms with Gasteiger partial charge in [0.15, 0.2) is 0 Å². The topological polar surface area (TPSA) is 100 Å². The molecule has 0 aliphatic carbocycles. The highest BCUT2D eigenvalue weighted by molar-refractivity contribution is 5.98. The Labute approximate surface area is 136 Å². The van der Waals surface area contributed by atoms with Crippen molar-refractivity contribution in [2.45, 2.75) is 32.2 Å². The maximum atomic E-state index is 11.7. The number of nitrogens with one attached hydrogen (secondary N) is 2. The summed E-state index contributed by atoms with van der Waals surface area (Å²) < 4.78 is 0. The zero-order valence-electron chi connectivity index (χ0n) is 13.5. The van der Waals surface area contributed by atoms with E-state index in [4.69, 9.17) is 5.73 Å².